The van der Waals surface area contributed by atoms with Crippen LogP contribution in [0.15, 0.2) is 47.6 Å². The highest BCUT2D eigenvalue weighted by Crippen LogP contribution is 2.27. The van der Waals surface area contributed by atoms with E-state index in [0.717, 1.165) is 17.7 Å². The fourth-order valence-corrected chi connectivity index (χ4v) is 2.84. The lowest BCUT2D eigenvalue weighted by molar-refractivity contribution is -0.116. The molecular formula is C20H25N5O2. The van der Waals surface area contributed by atoms with E-state index in [4.69, 9.17) is 4.74 Å². The summed E-state index contributed by atoms with van der Waals surface area (Å²) in [4.78, 5) is 20.3. The number of amides is 1. The molecule has 0 radical (unpaired) electrons. The number of guanidine groups is 1. The number of pyridine rings is 1. The van der Waals surface area contributed by atoms with Crippen molar-refractivity contribution in [1.29, 1.82) is 0 Å². The molecule has 1 atom stereocenters. The molecule has 7 heteroatoms. The van der Waals surface area contributed by atoms with Gasteiger partial charge in [0, 0.05) is 32.6 Å². The second-order valence-corrected chi connectivity index (χ2v) is 6.45. The lowest BCUT2D eigenvalue weighted by atomic mass is 10.1. The zero-order valence-electron chi connectivity index (χ0n) is 15.7. The number of para-hydroxylation sites is 1. The summed E-state index contributed by atoms with van der Waals surface area (Å²) in [5, 5.41) is 9.17. The maximum absolute atomic E-state index is 12.0. The summed E-state index contributed by atoms with van der Waals surface area (Å²) in [6, 6.07) is 11.8. The van der Waals surface area contributed by atoms with Crippen molar-refractivity contribution in [1.82, 2.24) is 15.6 Å². The second kappa shape index (κ2) is 9.02. The molecule has 1 aliphatic rings. The molecule has 3 rings (SSSR count). The molecule has 0 aliphatic carbocycles. The van der Waals surface area contributed by atoms with Gasteiger partial charge in [0.15, 0.2) is 5.96 Å². The van der Waals surface area contributed by atoms with Gasteiger partial charge in [-0.25, -0.2) is 4.98 Å². The number of nitrogens with zero attached hydrogens (tertiary/aromatic N) is 2. The van der Waals surface area contributed by atoms with Gasteiger partial charge in [0.1, 0.15) is 17.7 Å². The molecule has 0 saturated carbocycles. The Balaban J connectivity index is 1.36. The number of aliphatic imine (C=N–C) groups is 1. The topological polar surface area (TPSA) is 87.6 Å². The Morgan fingerprint density at radius 3 is 2.85 bits per heavy atom. The molecule has 1 unspecified atom stereocenters. The number of hydrogen-bond donors (Lipinski definition) is 3. The van der Waals surface area contributed by atoms with Crippen LogP contribution >= 0.6 is 0 Å². The predicted molar refractivity (Wildman–Crippen MR) is 106 cm³/mol. The first-order valence-electron chi connectivity index (χ1n) is 9.05. The number of benzene rings is 1. The molecule has 1 amide bonds. The molecule has 0 fully saturated rings. The molecule has 1 aromatic heterocycles. The molecule has 0 bridgehead atoms. The van der Waals surface area contributed by atoms with Gasteiger partial charge >= 0.3 is 0 Å². The first kappa shape index (κ1) is 18.7. The third-order valence-corrected chi connectivity index (χ3v) is 4.26. The highest BCUT2D eigenvalue weighted by Gasteiger charge is 2.22. The Hall–Kier alpha value is -3.09. The molecule has 1 aromatic carbocycles. The highest BCUT2D eigenvalue weighted by atomic mass is 16.5. The van der Waals surface area contributed by atoms with Crippen LogP contribution in [0.25, 0.3) is 0 Å². The van der Waals surface area contributed by atoms with E-state index in [-0.39, 0.29) is 12.0 Å². The van der Waals surface area contributed by atoms with Crippen molar-refractivity contribution in [3.8, 4) is 5.75 Å². The number of nitrogens with one attached hydrogen (secondary N) is 3. The fraction of sp³-hybridized carbons (Fsp3) is 0.350. The van der Waals surface area contributed by atoms with E-state index < -0.39 is 0 Å². The number of anilines is 1. The number of ether oxygens (including phenoxy) is 1. The van der Waals surface area contributed by atoms with E-state index in [9.17, 15) is 4.79 Å². The summed E-state index contributed by atoms with van der Waals surface area (Å²) in [5.41, 5.74) is 2.28. The maximum Gasteiger partial charge on any atom is 0.227 e. The average Bonchev–Trinajstić information content (AvgIpc) is 3.09. The first-order valence-corrected chi connectivity index (χ1v) is 9.05. The molecular weight excluding hydrogens is 342 g/mol. The van der Waals surface area contributed by atoms with Crippen molar-refractivity contribution in [2.24, 2.45) is 4.99 Å². The number of fused-ring (bicyclic) bond motifs is 1. The summed E-state index contributed by atoms with van der Waals surface area (Å²) in [6.07, 6.45) is 3.01. The first-order chi connectivity index (χ1) is 13.1. The van der Waals surface area contributed by atoms with Gasteiger partial charge in [-0.05, 0) is 30.2 Å². The summed E-state index contributed by atoms with van der Waals surface area (Å²) < 4.78 is 5.90. The zero-order valence-corrected chi connectivity index (χ0v) is 15.7. The van der Waals surface area contributed by atoms with E-state index in [2.05, 4.69) is 32.0 Å². The van der Waals surface area contributed by atoms with E-state index in [1.54, 1.807) is 19.3 Å². The SMILES string of the molecule is CN=C(NCCC(=O)Nc1ccc(C)cn1)NCC1Cc2ccccc2O1. The number of rotatable bonds is 6. The lowest BCUT2D eigenvalue weighted by Crippen LogP contribution is -2.43. The van der Waals surface area contributed by atoms with Gasteiger partial charge in [0.25, 0.3) is 0 Å². The van der Waals surface area contributed by atoms with Crippen molar-refractivity contribution < 1.29 is 9.53 Å². The van der Waals surface area contributed by atoms with E-state index >= 15 is 0 Å². The van der Waals surface area contributed by atoms with Crippen LogP contribution in [0.5, 0.6) is 5.75 Å². The summed E-state index contributed by atoms with van der Waals surface area (Å²) >= 11 is 0. The Bertz CT molecular complexity index is 779. The Morgan fingerprint density at radius 2 is 2.11 bits per heavy atom. The molecule has 27 heavy (non-hydrogen) atoms. The number of aryl methyl sites for hydroxylation is 1. The highest BCUT2D eigenvalue weighted by molar-refractivity contribution is 5.90. The van der Waals surface area contributed by atoms with Gasteiger partial charge in [-0.1, -0.05) is 24.3 Å². The van der Waals surface area contributed by atoms with Crippen molar-refractivity contribution in [2.75, 3.05) is 25.5 Å². The van der Waals surface area contributed by atoms with Gasteiger partial charge in [-0.2, -0.15) is 0 Å². The third kappa shape index (κ3) is 5.44. The average molecular weight is 367 g/mol. The minimum Gasteiger partial charge on any atom is -0.488 e. The number of aromatic nitrogens is 1. The van der Waals surface area contributed by atoms with Crippen molar-refractivity contribution >= 4 is 17.7 Å². The van der Waals surface area contributed by atoms with Crippen LogP contribution in [-0.4, -0.2) is 43.1 Å². The fourth-order valence-electron chi connectivity index (χ4n) is 2.84. The lowest BCUT2D eigenvalue weighted by Gasteiger charge is -2.15. The van der Waals surface area contributed by atoms with Crippen molar-refractivity contribution in [3.63, 3.8) is 0 Å². The summed E-state index contributed by atoms with van der Waals surface area (Å²) in [6.45, 7) is 3.08. The predicted octanol–water partition coefficient (Wildman–Crippen LogP) is 1.89. The summed E-state index contributed by atoms with van der Waals surface area (Å²) in [7, 11) is 1.70. The van der Waals surface area contributed by atoms with Gasteiger partial charge in [0.2, 0.25) is 5.91 Å². The van der Waals surface area contributed by atoms with Crippen LogP contribution in [0.1, 0.15) is 17.5 Å². The molecule has 1 aliphatic heterocycles. The van der Waals surface area contributed by atoms with E-state index in [1.165, 1.54) is 5.56 Å². The number of carbonyl (C=O) groups excluding carboxylic acids is 1. The van der Waals surface area contributed by atoms with Crippen LogP contribution in [0, 0.1) is 6.92 Å². The largest absolute Gasteiger partial charge is 0.488 e. The normalized spacial score (nSPS) is 15.6. The van der Waals surface area contributed by atoms with Crippen molar-refractivity contribution in [3.05, 3.63) is 53.7 Å². The smallest absolute Gasteiger partial charge is 0.227 e. The minimum absolute atomic E-state index is 0.0804. The van der Waals surface area contributed by atoms with Crippen LogP contribution in [0.3, 0.4) is 0 Å². The van der Waals surface area contributed by atoms with Gasteiger partial charge in [0.05, 0.1) is 6.54 Å². The quantitative estimate of drug-likeness (QED) is 0.536. The standard InChI is InChI=1S/C20H25N5O2/c1-14-7-8-18(23-12-14)25-19(26)9-10-22-20(21-2)24-13-16-11-15-5-3-4-6-17(15)27-16/h3-8,12,16H,9-11,13H2,1-2H3,(H2,21,22,24)(H,23,25,26). The van der Waals surface area contributed by atoms with Gasteiger partial charge in [-0.3, -0.25) is 9.79 Å². The number of carbonyl (C=O) groups is 1. The molecule has 3 N–H and O–H groups in total. The van der Waals surface area contributed by atoms with E-state index in [1.807, 2.05) is 31.2 Å². The van der Waals surface area contributed by atoms with Crippen LogP contribution in [-0.2, 0) is 11.2 Å². The van der Waals surface area contributed by atoms with Crippen molar-refractivity contribution in [2.45, 2.75) is 25.9 Å². The Kier molecular flexibility index (Phi) is 6.25. The zero-order chi connectivity index (χ0) is 19.1. The third-order valence-electron chi connectivity index (χ3n) is 4.26. The molecule has 142 valence electrons. The second-order valence-electron chi connectivity index (χ2n) is 6.45. The molecule has 0 spiro atoms. The van der Waals surface area contributed by atoms with Gasteiger partial charge < -0.3 is 20.7 Å². The molecule has 2 heterocycles. The Morgan fingerprint density at radius 1 is 1.26 bits per heavy atom. The molecule has 2 aromatic rings. The van der Waals surface area contributed by atoms with Crippen LogP contribution in [0.2, 0.25) is 0 Å². The van der Waals surface area contributed by atoms with E-state index in [0.29, 0.717) is 31.3 Å². The Labute approximate surface area is 159 Å². The van der Waals surface area contributed by atoms with Crippen LogP contribution < -0.4 is 20.7 Å². The number of hydrogen-bond acceptors (Lipinski definition) is 4. The maximum atomic E-state index is 12.0. The minimum atomic E-state index is -0.0936. The summed E-state index contributed by atoms with van der Waals surface area (Å²) in [5.74, 6) is 2.07. The monoisotopic (exact) mass is 367 g/mol. The van der Waals surface area contributed by atoms with Gasteiger partial charge in [-0.15, -0.1) is 0 Å². The molecule has 0 saturated heterocycles. The van der Waals surface area contributed by atoms with Crippen LogP contribution in [0.4, 0.5) is 5.82 Å². The molecule has 7 nitrogen and oxygen atoms in total.